The van der Waals surface area contributed by atoms with Crippen LogP contribution in [-0.2, 0) is 21.2 Å². The number of methoxy groups -OCH3 is 1. The van der Waals surface area contributed by atoms with E-state index >= 15 is 0 Å². The first-order valence-corrected chi connectivity index (χ1v) is 13.4. The molecule has 0 atom stereocenters. The molecule has 8 heteroatoms. The Morgan fingerprint density at radius 2 is 1.67 bits per heavy atom. The quantitative estimate of drug-likeness (QED) is 0.356. The summed E-state index contributed by atoms with van der Waals surface area (Å²) in [7, 11) is -2.47. The highest BCUT2D eigenvalue weighted by molar-refractivity contribution is 7.92. The van der Waals surface area contributed by atoms with Crippen LogP contribution in [0, 0.1) is 6.92 Å². The zero-order chi connectivity index (χ0) is 26.1. The van der Waals surface area contributed by atoms with Crippen molar-refractivity contribution >= 4 is 21.6 Å². The average molecular weight is 511 g/mol. The third-order valence-electron chi connectivity index (χ3n) is 5.47. The highest BCUT2D eigenvalue weighted by atomic mass is 32.2. The number of nitrogens with one attached hydrogen (secondary N) is 1. The van der Waals surface area contributed by atoms with Gasteiger partial charge in [-0.1, -0.05) is 35.9 Å². The number of carbonyl (C=O) groups is 1. The number of anilines is 1. The van der Waals surface area contributed by atoms with Gasteiger partial charge in [0, 0.05) is 12.6 Å². The first kappa shape index (κ1) is 27.1. The summed E-state index contributed by atoms with van der Waals surface area (Å²) in [6.07, 6.45) is 1.57. The van der Waals surface area contributed by atoms with Crippen molar-refractivity contribution in [3.63, 3.8) is 0 Å². The van der Waals surface area contributed by atoms with Crippen LogP contribution < -0.4 is 19.1 Å². The van der Waals surface area contributed by atoms with Gasteiger partial charge in [-0.2, -0.15) is 0 Å². The lowest BCUT2D eigenvalue weighted by molar-refractivity contribution is -0.119. The number of ether oxygens (including phenoxy) is 2. The van der Waals surface area contributed by atoms with Crippen LogP contribution in [0.3, 0.4) is 0 Å². The number of hydrogen-bond acceptors (Lipinski definition) is 5. The van der Waals surface area contributed by atoms with E-state index in [1.807, 2.05) is 45.0 Å². The summed E-state index contributed by atoms with van der Waals surface area (Å²) in [4.78, 5) is 12.9. The first-order valence-electron chi connectivity index (χ1n) is 11.9. The van der Waals surface area contributed by atoms with Crippen LogP contribution in [0.15, 0.2) is 77.7 Å². The number of hydrogen-bond donors (Lipinski definition) is 1. The lowest BCUT2D eigenvalue weighted by atomic mass is 10.1. The summed E-state index contributed by atoms with van der Waals surface area (Å²) < 4.78 is 39.1. The molecule has 0 fully saturated rings. The molecule has 0 aliphatic rings. The Labute approximate surface area is 214 Å². The van der Waals surface area contributed by atoms with Gasteiger partial charge in [-0.15, -0.1) is 0 Å². The average Bonchev–Trinajstić information content (AvgIpc) is 2.85. The van der Waals surface area contributed by atoms with E-state index in [0.717, 1.165) is 27.6 Å². The Balaban J connectivity index is 1.68. The van der Waals surface area contributed by atoms with Gasteiger partial charge in [0.25, 0.3) is 10.0 Å². The van der Waals surface area contributed by atoms with Gasteiger partial charge in [0.1, 0.15) is 18.0 Å². The summed E-state index contributed by atoms with van der Waals surface area (Å²) in [5.41, 5.74) is 2.41. The summed E-state index contributed by atoms with van der Waals surface area (Å²) in [5.74, 6) is 0.938. The number of benzene rings is 3. The minimum absolute atomic E-state index is 0.100. The molecule has 0 unspecified atom stereocenters. The maximum atomic E-state index is 13.5. The third-order valence-corrected chi connectivity index (χ3v) is 7.26. The number of sulfonamides is 1. The molecule has 1 amide bonds. The number of amides is 1. The molecule has 0 radical (unpaired) electrons. The normalized spacial score (nSPS) is 11.2. The molecule has 3 aromatic carbocycles. The van der Waals surface area contributed by atoms with Crippen molar-refractivity contribution in [3.05, 3.63) is 83.9 Å². The highest BCUT2D eigenvalue weighted by Crippen LogP contribution is 2.27. The van der Waals surface area contributed by atoms with Gasteiger partial charge in [-0.3, -0.25) is 9.10 Å². The second kappa shape index (κ2) is 12.4. The molecule has 3 rings (SSSR count). The fourth-order valence-electron chi connectivity index (χ4n) is 3.67. The van der Waals surface area contributed by atoms with Gasteiger partial charge in [-0.05, 0) is 75.6 Å². The molecule has 1 N–H and O–H groups in total. The van der Waals surface area contributed by atoms with Crippen molar-refractivity contribution in [3.8, 4) is 11.5 Å². The van der Waals surface area contributed by atoms with E-state index in [0.29, 0.717) is 24.4 Å². The summed E-state index contributed by atoms with van der Waals surface area (Å²) >= 11 is 0. The number of rotatable bonds is 12. The van der Waals surface area contributed by atoms with Gasteiger partial charge < -0.3 is 14.8 Å². The van der Waals surface area contributed by atoms with Gasteiger partial charge in [0.15, 0.2) is 0 Å². The predicted molar refractivity (Wildman–Crippen MR) is 142 cm³/mol. The largest absolute Gasteiger partial charge is 0.497 e. The lowest BCUT2D eigenvalue weighted by Crippen LogP contribution is -2.41. The van der Waals surface area contributed by atoms with E-state index in [-0.39, 0.29) is 23.5 Å². The maximum absolute atomic E-state index is 13.5. The molecule has 0 saturated heterocycles. The summed E-state index contributed by atoms with van der Waals surface area (Å²) in [6, 6.07) is 21.1. The van der Waals surface area contributed by atoms with Crippen molar-refractivity contribution < 1.29 is 22.7 Å². The lowest BCUT2D eigenvalue weighted by Gasteiger charge is -2.24. The Hall–Kier alpha value is -3.52. The SMILES string of the molecule is COc1cccc(N(CC(=O)NCCCc2cccc(OC(C)C)c2)S(=O)(=O)c2ccc(C)cc2)c1. The van der Waals surface area contributed by atoms with E-state index in [1.54, 1.807) is 48.5 Å². The van der Waals surface area contributed by atoms with Crippen LogP contribution in [-0.4, -0.2) is 40.6 Å². The van der Waals surface area contributed by atoms with Crippen molar-refractivity contribution in [1.29, 1.82) is 0 Å². The molecule has 0 aliphatic carbocycles. The molecule has 7 nitrogen and oxygen atoms in total. The van der Waals surface area contributed by atoms with Crippen LogP contribution in [0.2, 0.25) is 0 Å². The Morgan fingerprint density at radius 1 is 0.972 bits per heavy atom. The van der Waals surface area contributed by atoms with E-state index in [1.165, 1.54) is 7.11 Å². The molecule has 0 heterocycles. The minimum atomic E-state index is -3.98. The second-order valence-corrected chi connectivity index (χ2v) is 10.7. The van der Waals surface area contributed by atoms with Gasteiger partial charge >= 0.3 is 0 Å². The monoisotopic (exact) mass is 510 g/mol. The molecule has 0 saturated carbocycles. The fraction of sp³-hybridized carbons (Fsp3) is 0.321. The summed E-state index contributed by atoms with van der Waals surface area (Å²) in [5, 5.41) is 2.85. The standard InChI is InChI=1S/C28H34N2O5S/c1-21(2)35-26-12-5-8-23(18-26)9-7-17-29-28(31)20-30(24-10-6-11-25(19-24)34-4)36(32,33)27-15-13-22(3)14-16-27/h5-6,8,10-16,18-19,21H,7,9,17,20H2,1-4H3,(H,29,31). The zero-order valence-electron chi connectivity index (χ0n) is 21.2. The van der Waals surface area contributed by atoms with E-state index in [2.05, 4.69) is 5.32 Å². The zero-order valence-corrected chi connectivity index (χ0v) is 22.0. The first-order chi connectivity index (χ1) is 17.2. The molecule has 0 aromatic heterocycles. The Kier molecular flexibility index (Phi) is 9.36. The number of nitrogens with zero attached hydrogens (tertiary/aromatic N) is 1. The topological polar surface area (TPSA) is 84.9 Å². The molecule has 0 aliphatic heterocycles. The molecule has 192 valence electrons. The van der Waals surface area contributed by atoms with Gasteiger partial charge in [-0.25, -0.2) is 8.42 Å². The van der Waals surface area contributed by atoms with Crippen molar-refractivity contribution in [2.75, 3.05) is 24.5 Å². The van der Waals surface area contributed by atoms with Gasteiger partial charge in [0.2, 0.25) is 5.91 Å². The van der Waals surface area contributed by atoms with Crippen molar-refractivity contribution in [2.24, 2.45) is 0 Å². The molecule has 3 aromatic rings. The van der Waals surface area contributed by atoms with E-state index < -0.39 is 10.0 Å². The molecule has 36 heavy (non-hydrogen) atoms. The van der Waals surface area contributed by atoms with Crippen LogP contribution >= 0.6 is 0 Å². The number of aryl methyl sites for hydroxylation is 2. The maximum Gasteiger partial charge on any atom is 0.264 e. The molecular weight excluding hydrogens is 476 g/mol. The smallest absolute Gasteiger partial charge is 0.264 e. The highest BCUT2D eigenvalue weighted by Gasteiger charge is 2.27. The Morgan fingerprint density at radius 3 is 2.36 bits per heavy atom. The summed E-state index contributed by atoms with van der Waals surface area (Å²) in [6.45, 7) is 5.93. The third kappa shape index (κ3) is 7.49. The fourth-order valence-corrected chi connectivity index (χ4v) is 5.08. The van der Waals surface area contributed by atoms with E-state index in [4.69, 9.17) is 9.47 Å². The van der Waals surface area contributed by atoms with Crippen LogP contribution in [0.25, 0.3) is 0 Å². The number of carbonyl (C=O) groups excluding carboxylic acids is 1. The Bertz CT molecular complexity index is 1260. The van der Waals surface area contributed by atoms with Crippen LogP contribution in [0.4, 0.5) is 5.69 Å². The molecule has 0 bridgehead atoms. The van der Waals surface area contributed by atoms with Crippen LogP contribution in [0.5, 0.6) is 11.5 Å². The minimum Gasteiger partial charge on any atom is -0.497 e. The molecule has 0 spiro atoms. The van der Waals surface area contributed by atoms with E-state index in [9.17, 15) is 13.2 Å². The van der Waals surface area contributed by atoms with Crippen molar-refractivity contribution in [2.45, 2.75) is 44.6 Å². The molecular formula is C28H34N2O5S. The van der Waals surface area contributed by atoms with Crippen molar-refractivity contribution in [1.82, 2.24) is 5.32 Å². The van der Waals surface area contributed by atoms with Crippen LogP contribution in [0.1, 0.15) is 31.4 Å². The predicted octanol–water partition coefficient (Wildman–Crippen LogP) is 4.74. The second-order valence-electron chi connectivity index (χ2n) is 8.79. The van der Waals surface area contributed by atoms with Gasteiger partial charge in [0.05, 0.1) is 23.8 Å².